The molecule has 18 heavy (non-hydrogen) atoms. The van der Waals surface area contributed by atoms with Crippen molar-refractivity contribution in [1.82, 2.24) is 10.1 Å². The molecule has 1 aliphatic rings. The van der Waals surface area contributed by atoms with Gasteiger partial charge in [-0.1, -0.05) is 24.6 Å². The summed E-state index contributed by atoms with van der Waals surface area (Å²) in [5.74, 6) is 5.99. The fraction of sp³-hybridized carbons (Fsp3) is 0.538. The predicted molar refractivity (Wildman–Crippen MR) is 76.4 cm³/mol. The molecule has 100 valence electrons. The molecule has 0 amide bonds. The summed E-state index contributed by atoms with van der Waals surface area (Å²) in [6.07, 6.45) is 1.07. The summed E-state index contributed by atoms with van der Waals surface area (Å²) < 4.78 is 0. The second kappa shape index (κ2) is 6.38. The first kappa shape index (κ1) is 13.6. The van der Waals surface area contributed by atoms with Gasteiger partial charge >= 0.3 is 0 Å². The Morgan fingerprint density at radius 3 is 2.61 bits per heavy atom. The van der Waals surface area contributed by atoms with Crippen LogP contribution in [0.2, 0.25) is 5.02 Å². The van der Waals surface area contributed by atoms with Gasteiger partial charge in [0.15, 0.2) is 0 Å². The lowest BCUT2D eigenvalue weighted by atomic mass is 10.2. The highest BCUT2D eigenvalue weighted by Gasteiger charge is 2.20. The van der Waals surface area contributed by atoms with E-state index >= 15 is 0 Å². The van der Waals surface area contributed by atoms with Gasteiger partial charge in [-0.2, -0.15) is 5.12 Å². The van der Waals surface area contributed by atoms with E-state index < -0.39 is 0 Å². The normalized spacial score (nSPS) is 17.4. The monoisotopic (exact) mass is 268 g/mol. The van der Waals surface area contributed by atoms with Crippen LogP contribution >= 0.6 is 11.6 Å². The fourth-order valence-corrected chi connectivity index (χ4v) is 2.44. The Bertz CT molecular complexity index is 377. The molecule has 0 unspecified atom stereocenters. The van der Waals surface area contributed by atoms with E-state index in [0.29, 0.717) is 0 Å². The minimum Gasteiger partial charge on any atom is -0.369 e. The van der Waals surface area contributed by atoms with Crippen molar-refractivity contribution in [2.75, 3.05) is 37.6 Å². The van der Waals surface area contributed by atoms with Crippen LogP contribution in [0.3, 0.4) is 0 Å². The number of hydrogen-bond donors (Lipinski definition) is 1. The average Bonchev–Trinajstić information content (AvgIpc) is 2.39. The zero-order chi connectivity index (χ0) is 13.0. The van der Waals surface area contributed by atoms with Gasteiger partial charge in [-0.3, -0.25) is 5.84 Å². The highest BCUT2D eigenvalue weighted by atomic mass is 35.5. The van der Waals surface area contributed by atoms with Crippen LogP contribution in [-0.4, -0.2) is 42.9 Å². The lowest BCUT2D eigenvalue weighted by Gasteiger charge is -2.39. The van der Waals surface area contributed by atoms with Crippen LogP contribution in [0, 0.1) is 0 Å². The van der Waals surface area contributed by atoms with Crippen molar-refractivity contribution in [3.05, 3.63) is 29.3 Å². The smallest absolute Gasteiger partial charge is 0.0426 e. The van der Waals surface area contributed by atoms with Gasteiger partial charge in [0.25, 0.3) is 0 Å². The standard InChI is InChI=1S/C13H21ClN4/c1-2-6-18(15)17-9-7-16(8-10-17)13-5-3-4-12(14)11-13/h3-5,11H,2,6-10,15H2,1H3. The molecule has 4 nitrogen and oxygen atoms in total. The quantitative estimate of drug-likeness (QED) is 0.669. The molecular formula is C13H21ClN4. The van der Waals surface area contributed by atoms with Gasteiger partial charge < -0.3 is 4.90 Å². The average molecular weight is 269 g/mol. The largest absolute Gasteiger partial charge is 0.369 e. The summed E-state index contributed by atoms with van der Waals surface area (Å²) in [4.78, 5) is 2.35. The number of halogens is 1. The highest BCUT2D eigenvalue weighted by molar-refractivity contribution is 6.30. The fourth-order valence-electron chi connectivity index (χ4n) is 2.25. The van der Waals surface area contributed by atoms with Crippen LogP contribution in [0.5, 0.6) is 0 Å². The lowest BCUT2D eigenvalue weighted by Crippen LogP contribution is -2.56. The van der Waals surface area contributed by atoms with E-state index in [2.05, 4.69) is 22.9 Å². The Balaban J connectivity index is 1.90. The Kier molecular flexibility index (Phi) is 4.83. The molecule has 0 aliphatic carbocycles. The number of anilines is 1. The number of hydrazine groups is 2. The molecule has 0 aromatic heterocycles. The van der Waals surface area contributed by atoms with Crippen molar-refractivity contribution >= 4 is 17.3 Å². The van der Waals surface area contributed by atoms with E-state index in [4.69, 9.17) is 17.4 Å². The van der Waals surface area contributed by atoms with E-state index in [1.54, 1.807) is 0 Å². The van der Waals surface area contributed by atoms with Gasteiger partial charge in [0.2, 0.25) is 0 Å². The second-order valence-electron chi connectivity index (χ2n) is 4.58. The van der Waals surface area contributed by atoms with Crippen LogP contribution in [-0.2, 0) is 0 Å². The van der Waals surface area contributed by atoms with Crippen molar-refractivity contribution in [3.63, 3.8) is 0 Å². The minimum atomic E-state index is 0.793. The van der Waals surface area contributed by atoms with E-state index in [1.165, 1.54) is 5.69 Å². The number of rotatable bonds is 4. The number of hydrogen-bond acceptors (Lipinski definition) is 4. The van der Waals surface area contributed by atoms with E-state index in [0.717, 1.165) is 44.2 Å². The summed E-state index contributed by atoms with van der Waals surface area (Å²) >= 11 is 6.02. The van der Waals surface area contributed by atoms with Gasteiger partial charge in [-0.25, -0.2) is 5.01 Å². The minimum absolute atomic E-state index is 0.793. The number of piperazine rings is 1. The van der Waals surface area contributed by atoms with Crippen molar-refractivity contribution in [1.29, 1.82) is 0 Å². The second-order valence-corrected chi connectivity index (χ2v) is 5.02. The molecule has 1 aromatic rings. The molecule has 1 aliphatic heterocycles. The third-order valence-electron chi connectivity index (χ3n) is 3.25. The first-order chi connectivity index (χ1) is 8.70. The zero-order valence-corrected chi connectivity index (χ0v) is 11.6. The number of benzene rings is 1. The molecule has 1 saturated heterocycles. The lowest BCUT2D eigenvalue weighted by molar-refractivity contribution is -0.0308. The first-order valence-electron chi connectivity index (χ1n) is 6.48. The van der Waals surface area contributed by atoms with Crippen LogP contribution in [0.15, 0.2) is 24.3 Å². The molecular weight excluding hydrogens is 248 g/mol. The molecule has 5 heteroatoms. The van der Waals surface area contributed by atoms with E-state index in [-0.39, 0.29) is 0 Å². The zero-order valence-electron chi connectivity index (χ0n) is 10.8. The Hall–Kier alpha value is -0.810. The summed E-state index contributed by atoms with van der Waals surface area (Å²) in [6.45, 7) is 6.95. The topological polar surface area (TPSA) is 35.7 Å². The molecule has 1 aromatic carbocycles. The van der Waals surface area contributed by atoms with Gasteiger partial charge in [-0.15, -0.1) is 0 Å². The number of nitrogens with two attached hydrogens (primary N) is 1. The summed E-state index contributed by atoms with van der Waals surface area (Å²) in [5, 5.41) is 4.85. The van der Waals surface area contributed by atoms with E-state index in [1.807, 2.05) is 23.3 Å². The van der Waals surface area contributed by atoms with Gasteiger partial charge in [0, 0.05) is 43.4 Å². The van der Waals surface area contributed by atoms with Gasteiger partial charge in [0.1, 0.15) is 0 Å². The molecule has 0 spiro atoms. The van der Waals surface area contributed by atoms with Crippen LogP contribution in [0.4, 0.5) is 5.69 Å². The highest BCUT2D eigenvalue weighted by Crippen LogP contribution is 2.20. The van der Waals surface area contributed by atoms with Crippen LogP contribution in [0.1, 0.15) is 13.3 Å². The maximum Gasteiger partial charge on any atom is 0.0426 e. The maximum atomic E-state index is 6.02. The maximum absolute atomic E-state index is 6.02. The Morgan fingerprint density at radius 2 is 2.00 bits per heavy atom. The Morgan fingerprint density at radius 1 is 1.28 bits per heavy atom. The van der Waals surface area contributed by atoms with Crippen LogP contribution in [0.25, 0.3) is 0 Å². The predicted octanol–water partition coefficient (Wildman–Crippen LogP) is 1.96. The van der Waals surface area contributed by atoms with E-state index in [9.17, 15) is 0 Å². The molecule has 1 fully saturated rings. The third kappa shape index (κ3) is 3.36. The molecule has 2 N–H and O–H groups in total. The Labute approximate surface area is 114 Å². The van der Waals surface area contributed by atoms with Crippen molar-refractivity contribution in [2.24, 2.45) is 5.84 Å². The SMILES string of the molecule is CCCN(N)N1CCN(c2cccc(Cl)c2)CC1. The third-order valence-corrected chi connectivity index (χ3v) is 3.48. The number of nitrogens with zero attached hydrogens (tertiary/aromatic N) is 3. The first-order valence-corrected chi connectivity index (χ1v) is 6.86. The van der Waals surface area contributed by atoms with Crippen LogP contribution < -0.4 is 10.7 Å². The van der Waals surface area contributed by atoms with Gasteiger partial charge in [0.05, 0.1) is 0 Å². The van der Waals surface area contributed by atoms with Crippen molar-refractivity contribution in [2.45, 2.75) is 13.3 Å². The van der Waals surface area contributed by atoms with Crippen molar-refractivity contribution in [3.8, 4) is 0 Å². The van der Waals surface area contributed by atoms with Crippen molar-refractivity contribution < 1.29 is 0 Å². The summed E-state index contributed by atoms with van der Waals surface area (Å²) in [5.41, 5.74) is 1.20. The molecule has 0 bridgehead atoms. The molecule has 0 atom stereocenters. The molecule has 2 rings (SSSR count). The summed E-state index contributed by atoms with van der Waals surface area (Å²) in [7, 11) is 0. The molecule has 0 radical (unpaired) electrons. The molecule has 0 saturated carbocycles. The van der Waals surface area contributed by atoms with Gasteiger partial charge in [-0.05, 0) is 24.6 Å². The molecule has 1 heterocycles. The summed E-state index contributed by atoms with van der Waals surface area (Å²) in [6, 6.07) is 8.03.